The van der Waals surface area contributed by atoms with E-state index in [1.54, 1.807) is 6.92 Å². The number of hydrogen-bond donors (Lipinski definition) is 0. The van der Waals surface area contributed by atoms with Gasteiger partial charge in [-0.2, -0.15) is 0 Å². The van der Waals surface area contributed by atoms with Crippen LogP contribution >= 0.6 is 11.8 Å². The summed E-state index contributed by atoms with van der Waals surface area (Å²) in [5.41, 5.74) is -0.0198. The van der Waals surface area contributed by atoms with Crippen LogP contribution in [-0.2, 0) is 10.6 Å². The average molecular weight is 301 g/mol. The first-order valence-electron chi connectivity index (χ1n) is 6.40. The highest BCUT2D eigenvalue weighted by Crippen LogP contribution is 2.31. The monoisotopic (exact) mass is 301 g/mol. The van der Waals surface area contributed by atoms with E-state index in [9.17, 15) is 8.78 Å². The van der Waals surface area contributed by atoms with Crippen molar-refractivity contribution in [2.75, 3.05) is 6.61 Å². The van der Waals surface area contributed by atoms with E-state index >= 15 is 0 Å². The molecule has 0 spiro atoms. The molecule has 0 aromatic heterocycles. The summed E-state index contributed by atoms with van der Waals surface area (Å²) >= 11 is 1.36. The summed E-state index contributed by atoms with van der Waals surface area (Å²) in [6, 6.07) is 2.26. The molecule has 1 aliphatic rings. The minimum Gasteiger partial charge on any atom is -0.491 e. The predicted octanol–water partition coefficient (Wildman–Crippen LogP) is 4.11. The van der Waals surface area contributed by atoms with Gasteiger partial charge in [-0.1, -0.05) is 5.16 Å². The lowest BCUT2D eigenvalue weighted by Crippen LogP contribution is -2.18. The van der Waals surface area contributed by atoms with Crippen LogP contribution in [0, 0.1) is 11.6 Å². The van der Waals surface area contributed by atoms with Crippen LogP contribution in [0.4, 0.5) is 8.78 Å². The molecule has 0 radical (unpaired) electrons. The number of nitrogens with zero attached hydrogens (tertiary/aromatic N) is 1. The minimum absolute atomic E-state index is 0.0542. The lowest BCUT2D eigenvalue weighted by Gasteiger charge is -2.13. The Kier molecular flexibility index (Phi) is 4.52. The molecule has 0 atom stereocenters. The van der Waals surface area contributed by atoms with E-state index < -0.39 is 11.6 Å². The van der Waals surface area contributed by atoms with Gasteiger partial charge in [0.2, 0.25) is 0 Å². The van der Waals surface area contributed by atoms with E-state index in [1.807, 2.05) is 13.8 Å². The van der Waals surface area contributed by atoms with Crippen molar-refractivity contribution in [2.45, 2.75) is 38.5 Å². The van der Waals surface area contributed by atoms with Gasteiger partial charge in [0.05, 0.1) is 6.61 Å². The molecule has 6 heteroatoms. The number of ether oxygens (including phenoxy) is 1. The maximum absolute atomic E-state index is 13.8. The van der Waals surface area contributed by atoms with Gasteiger partial charge in [-0.3, -0.25) is 0 Å². The van der Waals surface area contributed by atoms with E-state index in [-0.39, 0.29) is 11.4 Å². The van der Waals surface area contributed by atoms with Crippen molar-refractivity contribution >= 4 is 16.8 Å². The largest absolute Gasteiger partial charge is 0.491 e. The zero-order chi connectivity index (χ0) is 14.8. The van der Waals surface area contributed by atoms with Crippen molar-refractivity contribution < 1.29 is 18.4 Å². The normalized spacial score (nSPS) is 16.8. The van der Waals surface area contributed by atoms with Crippen LogP contribution in [0.5, 0.6) is 5.75 Å². The second-order valence-electron chi connectivity index (χ2n) is 5.11. The lowest BCUT2D eigenvalue weighted by molar-refractivity contribution is 0.0123. The second-order valence-corrected chi connectivity index (χ2v) is 6.16. The Hall–Kier alpha value is -1.30. The Labute approximate surface area is 121 Å². The SMILES string of the molecule is CCOc1cc(F)c(CSC2=NOC(C)(C)C2)cc1F. The third-order valence-electron chi connectivity index (χ3n) is 2.77. The first-order valence-corrected chi connectivity index (χ1v) is 7.38. The predicted molar refractivity (Wildman–Crippen MR) is 76.0 cm³/mol. The molecule has 0 saturated heterocycles. The smallest absolute Gasteiger partial charge is 0.165 e. The van der Waals surface area contributed by atoms with Crippen molar-refractivity contribution in [2.24, 2.45) is 5.16 Å². The standard InChI is InChI=1S/C14H17F2NO2S/c1-4-18-12-6-10(15)9(5-11(12)16)8-20-13-7-14(2,3)19-17-13/h5-6H,4,7-8H2,1-3H3. The molecule has 0 fully saturated rings. The molecule has 0 aliphatic carbocycles. The molecule has 110 valence electrons. The van der Waals surface area contributed by atoms with Gasteiger partial charge in [-0.25, -0.2) is 8.78 Å². The van der Waals surface area contributed by atoms with E-state index in [1.165, 1.54) is 17.8 Å². The number of hydrogen-bond acceptors (Lipinski definition) is 4. The Morgan fingerprint density at radius 3 is 2.70 bits per heavy atom. The van der Waals surface area contributed by atoms with Crippen LogP contribution in [0.3, 0.4) is 0 Å². The summed E-state index contributed by atoms with van der Waals surface area (Å²) in [6.07, 6.45) is 0.679. The van der Waals surface area contributed by atoms with Crippen molar-refractivity contribution in [3.8, 4) is 5.75 Å². The van der Waals surface area contributed by atoms with E-state index in [2.05, 4.69) is 5.16 Å². The molecule has 1 aromatic rings. The minimum atomic E-state index is -0.547. The van der Waals surface area contributed by atoms with Crippen LogP contribution in [0.15, 0.2) is 17.3 Å². The Balaban J connectivity index is 2.02. The number of oxime groups is 1. The summed E-state index contributed by atoms with van der Waals surface area (Å²) in [5.74, 6) is -0.760. The van der Waals surface area contributed by atoms with Crippen molar-refractivity contribution in [3.63, 3.8) is 0 Å². The maximum atomic E-state index is 13.8. The molecule has 2 rings (SSSR count). The summed E-state index contributed by atoms with van der Waals surface area (Å²) in [4.78, 5) is 5.23. The van der Waals surface area contributed by atoms with Gasteiger partial charge in [0.1, 0.15) is 16.5 Å². The molecule has 0 N–H and O–H groups in total. The molecular weight excluding hydrogens is 284 g/mol. The second kappa shape index (κ2) is 5.99. The van der Waals surface area contributed by atoms with Crippen molar-refractivity contribution in [3.05, 3.63) is 29.3 Å². The van der Waals surface area contributed by atoms with Gasteiger partial charge in [-0.15, -0.1) is 11.8 Å². The average Bonchev–Trinajstić information content (AvgIpc) is 2.72. The number of thioether (sulfide) groups is 1. The van der Waals surface area contributed by atoms with Crippen LogP contribution in [-0.4, -0.2) is 17.3 Å². The fourth-order valence-corrected chi connectivity index (χ4v) is 2.87. The third kappa shape index (κ3) is 3.62. The lowest BCUT2D eigenvalue weighted by atomic mass is 10.1. The number of halogens is 2. The summed E-state index contributed by atoms with van der Waals surface area (Å²) in [6.45, 7) is 5.89. The maximum Gasteiger partial charge on any atom is 0.165 e. The van der Waals surface area contributed by atoms with Gasteiger partial charge >= 0.3 is 0 Å². The molecule has 3 nitrogen and oxygen atoms in total. The zero-order valence-corrected chi connectivity index (χ0v) is 12.5. The molecule has 0 unspecified atom stereocenters. The fourth-order valence-electron chi connectivity index (χ4n) is 1.79. The van der Waals surface area contributed by atoms with E-state index in [4.69, 9.17) is 9.57 Å². The van der Waals surface area contributed by atoms with Crippen LogP contribution < -0.4 is 4.74 Å². The first-order chi connectivity index (χ1) is 9.41. The Bertz CT molecular complexity index is 532. The summed E-state index contributed by atoms with van der Waals surface area (Å²) in [5, 5.41) is 4.74. The van der Waals surface area contributed by atoms with E-state index in [0.717, 1.165) is 11.1 Å². The van der Waals surface area contributed by atoms with Crippen LogP contribution in [0.2, 0.25) is 0 Å². The van der Waals surface area contributed by atoms with E-state index in [0.29, 0.717) is 24.3 Å². The molecule has 0 amide bonds. The Morgan fingerprint density at radius 2 is 2.10 bits per heavy atom. The highest BCUT2D eigenvalue weighted by atomic mass is 32.2. The molecule has 20 heavy (non-hydrogen) atoms. The quantitative estimate of drug-likeness (QED) is 0.838. The van der Waals surface area contributed by atoms with Crippen molar-refractivity contribution in [1.29, 1.82) is 0 Å². The van der Waals surface area contributed by atoms with Gasteiger partial charge in [-0.05, 0) is 26.8 Å². The van der Waals surface area contributed by atoms with Gasteiger partial charge in [0.25, 0.3) is 0 Å². The zero-order valence-electron chi connectivity index (χ0n) is 11.7. The fraction of sp³-hybridized carbons (Fsp3) is 0.500. The highest BCUT2D eigenvalue weighted by molar-refractivity contribution is 8.13. The number of rotatable bonds is 4. The summed E-state index contributed by atoms with van der Waals surface area (Å²) < 4.78 is 32.5. The van der Waals surface area contributed by atoms with Gasteiger partial charge in [0, 0.05) is 23.8 Å². The Morgan fingerprint density at radius 1 is 1.35 bits per heavy atom. The molecule has 1 heterocycles. The molecule has 0 bridgehead atoms. The summed E-state index contributed by atoms with van der Waals surface area (Å²) in [7, 11) is 0. The highest BCUT2D eigenvalue weighted by Gasteiger charge is 2.29. The van der Waals surface area contributed by atoms with Crippen LogP contribution in [0.1, 0.15) is 32.8 Å². The molecule has 0 saturated carbocycles. The molecule has 1 aliphatic heterocycles. The van der Waals surface area contributed by atoms with Crippen LogP contribution in [0.25, 0.3) is 0 Å². The van der Waals surface area contributed by atoms with Crippen molar-refractivity contribution in [1.82, 2.24) is 0 Å². The van der Waals surface area contributed by atoms with Gasteiger partial charge < -0.3 is 9.57 Å². The topological polar surface area (TPSA) is 30.8 Å². The molecule has 1 aromatic carbocycles. The van der Waals surface area contributed by atoms with Gasteiger partial charge in [0.15, 0.2) is 11.6 Å². The number of benzene rings is 1. The molecular formula is C14H17F2NO2S. The third-order valence-corrected chi connectivity index (χ3v) is 3.77. The first kappa shape index (κ1) is 15.1.